The fourth-order valence-electron chi connectivity index (χ4n) is 4.73. The van der Waals surface area contributed by atoms with Crippen LogP contribution in [0.5, 0.6) is 0 Å². The van der Waals surface area contributed by atoms with Crippen LogP contribution in [0.3, 0.4) is 0 Å². The van der Waals surface area contributed by atoms with E-state index in [0.717, 1.165) is 58.8 Å². The predicted molar refractivity (Wildman–Crippen MR) is 137 cm³/mol. The Morgan fingerprint density at radius 3 is 2.59 bits per heavy atom. The van der Waals surface area contributed by atoms with Crippen LogP contribution >= 0.6 is 11.3 Å². The Kier molecular flexibility index (Phi) is 7.07. The highest BCUT2D eigenvalue weighted by atomic mass is 32.1. The van der Waals surface area contributed by atoms with Crippen LogP contribution in [0.1, 0.15) is 75.0 Å². The fourth-order valence-corrected chi connectivity index (χ4v) is 5.96. The molecule has 9 heteroatoms. The molecule has 0 spiro atoms. The van der Waals surface area contributed by atoms with Gasteiger partial charge in [0.05, 0.1) is 15.4 Å². The summed E-state index contributed by atoms with van der Waals surface area (Å²) in [5.41, 5.74) is 1.60. The lowest BCUT2D eigenvalue weighted by Gasteiger charge is -2.35. The Balaban J connectivity index is 1.35. The number of piperidine rings is 1. The Bertz CT molecular complexity index is 1320. The summed E-state index contributed by atoms with van der Waals surface area (Å²) in [7, 11) is 0. The number of amides is 2. The molecule has 0 bridgehead atoms. The van der Waals surface area contributed by atoms with Crippen molar-refractivity contribution in [1.82, 2.24) is 15.2 Å². The third kappa shape index (κ3) is 5.71. The summed E-state index contributed by atoms with van der Waals surface area (Å²) >= 11 is 1.58. The normalized spacial score (nSPS) is 18.1. The lowest BCUT2D eigenvalue weighted by molar-refractivity contribution is -0.137. The van der Waals surface area contributed by atoms with E-state index in [0.29, 0.717) is 24.6 Å². The van der Waals surface area contributed by atoms with Crippen LogP contribution in [0, 0.1) is 6.92 Å². The van der Waals surface area contributed by atoms with Gasteiger partial charge in [0.25, 0.3) is 11.8 Å². The predicted octanol–water partition coefficient (Wildman–Crippen LogP) is 6.44. The third-order valence-electron chi connectivity index (χ3n) is 6.89. The van der Waals surface area contributed by atoms with Gasteiger partial charge in [0.1, 0.15) is 5.69 Å². The van der Waals surface area contributed by atoms with E-state index in [1.165, 1.54) is 12.1 Å². The van der Waals surface area contributed by atoms with Crippen molar-refractivity contribution in [2.24, 2.45) is 0 Å². The smallest absolute Gasteiger partial charge is 0.350 e. The number of halogens is 3. The van der Waals surface area contributed by atoms with Crippen molar-refractivity contribution in [2.45, 2.75) is 57.2 Å². The van der Waals surface area contributed by atoms with Crippen LogP contribution in [0.15, 0.2) is 48.5 Å². The molecule has 1 atom stereocenters. The van der Waals surface area contributed by atoms with Crippen molar-refractivity contribution in [3.63, 3.8) is 0 Å². The third-order valence-corrected chi connectivity index (χ3v) is 8.16. The fraction of sp³-hybridized carbons (Fsp3) is 0.393. The van der Waals surface area contributed by atoms with Crippen molar-refractivity contribution >= 4 is 23.2 Å². The van der Waals surface area contributed by atoms with Crippen LogP contribution in [0.4, 0.5) is 13.2 Å². The number of aromatic nitrogens is 1. The summed E-state index contributed by atoms with van der Waals surface area (Å²) in [5, 5.41) is 3.74. The molecule has 1 saturated heterocycles. The molecule has 0 radical (unpaired) electrons. The zero-order valence-electron chi connectivity index (χ0n) is 20.5. The van der Waals surface area contributed by atoms with E-state index >= 15 is 0 Å². The number of nitrogens with zero attached hydrogens (tertiary/aromatic N) is 2. The molecule has 5 rings (SSSR count). The molecule has 1 aromatic heterocycles. The molecular formula is C28H28F3N3O2S. The second-order valence-corrected chi connectivity index (χ2v) is 10.8. The van der Waals surface area contributed by atoms with Gasteiger partial charge in [0.2, 0.25) is 0 Å². The molecule has 37 heavy (non-hydrogen) atoms. The zero-order valence-corrected chi connectivity index (χ0v) is 21.3. The first-order valence-corrected chi connectivity index (χ1v) is 13.4. The van der Waals surface area contributed by atoms with E-state index in [4.69, 9.17) is 4.98 Å². The minimum atomic E-state index is -4.52. The maximum Gasteiger partial charge on any atom is 0.416 e. The quantitative estimate of drug-likeness (QED) is 0.401. The first-order chi connectivity index (χ1) is 17.7. The minimum absolute atomic E-state index is 0.0566. The first-order valence-electron chi connectivity index (χ1n) is 12.5. The molecule has 0 unspecified atom stereocenters. The maximum absolute atomic E-state index is 13.8. The van der Waals surface area contributed by atoms with E-state index in [2.05, 4.69) is 11.4 Å². The summed E-state index contributed by atoms with van der Waals surface area (Å²) in [5.74, 6) is -0.328. The summed E-state index contributed by atoms with van der Waals surface area (Å²) in [4.78, 5) is 34.0. The average molecular weight is 528 g/mol. The van der Waals surface area contributed by atoms with Crippen LogP contribution in [0.2, 0.25) is 0 Å². The molecular weight excluding hydrogens is 499 g/mol. The van der Waals surface area contributed by atoms with Crippen molar-refractivity contribution in [2.75, 3.05) is 13.1 Å². The lowest BCUT2D eigenvalue weighted by Crippen LogP contribution is -2.49. The molecule has 2 amide bonds. The summed E-state index contributed by atoms with van der Waals surface area (Å²) in [6.45, 7) is 2.73. The second-order valence-electron chi connectivity index (χ2n) is 9.81. The van der Waals surface area contributed by atoms with Gasteiger partial charge >= 0.3 is 6.18 Å². The van der Waals surface area contributed by atoms with Gasteiger partial charge in [-0.2, -0.15) is 13.2 Å². The highest BCUT2D eigenvalue weighted by Gasteiger charge is 2.35. The highest BCUT2D eigenvalue weighted by molar-refractivity contribution is 7.15. The van der Waals surface area contributed by atoms with Gasteiger partial charge in [0.15, 0.2) is 0 Å². The first kappa shape index (κ1) is 25.4. The molecule has 194 valence electrons. The van der Waals surface area contributed by atoms with Gasteiger partial charge in [0, 0.05) is 30.6 Å². The van der Waals surface area contributed by atoms with Gasteiger partial charge in [-0.3, -0.25) is 9.59 Å². The molecule has 1 aliphatic carbocycles. The van der Waals surface area contributed by atoms with Gasteiger partial charge in [-0.05, 0) is 62.8 Å². The van der Waals surface area contributed by atoms with Gasteiger partial charge < -0.3 is 10.2 Å². The van der Waals surface area contributed by atoms with Crippen molar-refractivity contribution in [1.29, 1.82) is 0 Å². The number of rotatable bonds is 6. The zero-order chi connectivity index (χ0) is 26.2. The van der Waals surface area contributed by atoms with Crippen molar-refractivity contribution in [3.05, 3.63) is 75.9 Å². The van der Waals surface area contributed by atoms with E-state index in [-0.39, 0.29) is 24.1 Å². The molecule has 2 aliphatic rings. The number of aryl methyl sites for hydroxylation is 1. The number of alkyl halides is 3. The molecule has 1 aliphatic heterocycles. The Morgan fingerprint density at radius 2 is 1.86 bits per heavy atom. The molecule has 2 heterocycles. The second kappa shape index (κ2) is 10.3. The number of carbonyl (C=O) groups is 2. The van der Waals surface area contributed by atoms with Crippen LogP contribution < -0.4 is 5.32 Å². The van der Waals surface area contributed by atoms with Crippen LogP contribution in [-0.4, -0.2) is 40.8 Å². The SMILES string of the molecule is Cc1cccc(-c2sc(C3CC3)nc2C(=O)N2CCCC[C@H]2CNC(=O)c2cccc(C(F)(F)F)c2)c1. The Morgan fingerprint density at radius 1 is 1.08 bits per heavy atom. The van der Waals surface area contributed by atoms with Crippen molar-refractivity contribution < 1.29 is 22.8 Å². The summed E-state index contributed by atoms with van der Waals surface area (Å²) in [6.07, 6.45) is 0.107. The van der Waals surface area contributed by atoms with Gasteiger partial charge in [-0.15, -0.1) is 11.3 Å². The topological polar surface area (TPSA) is 62.3 Å². The van der Waals surface area contributed by atoms with E-state index in [1.54, 1.807) is 16.2 Å². The largest absolute Gasteiger partial charge is 0.416 e. The number of hydrogen-bond donors (Lipinski definition) is 1. The van der Waals surface area contributed by atoms with E-state index < -0.39 is 17.6 Å². The van der Waals surface area contributed by atoms with E-state index in [9.17, 15) is 22.8 Å². The number of hydrogen-bond acceptors (Lipinski definition) is 4. The van der Waals surface area contributed by atoms with Gasteiger partial charge in [-0.1, -0.05) is 35.9 Å². The number of likely N-dealkylation sites (tertiary alicyclic amines) is 1. The molecule has 5 nitrogen and oxygen atoms in total. The molecule has 2 fully saturated rings. The Hall–Kier alpha value is -3.20. The number of thiazole rings is 1. The molecule has 2 aromatic carbocycles. The lowest BCUT2D eigenvalue weighted by atomic mass is 10.0. The van der Waals surface area contributed by atoms with Crippen molar-refractivity contribution in [3.8, 4) is 10.4 Å². The monoisotopic (exact) mass is 527 g/mol. The highest BCUT2D eigenvalue weighted by Crippen LogP contribution is 2.45. The maximum atomic E-state index is 13.8. The Labute approximate surface area is 217 Å². The minimum Gasteiger partial charge on any atom is -0.350 e. The standard InChI is InChI=1S/C28H28F3N3O2S/c1-17-6-4-7-19(14-17)24-23(33-26(37-24)18-11-12-18)27(36)34-13-3-2-10-22(34)16-32-25(35)20-8-5-9-21(15-20)28(29,30)31/h4-9,14-15,18,22H,2-3,10-13,16H2,1H3,(H,32,35)/t22-/m0/s1. The number of carbonyl (C=O) groups excluding carboxylic acids is 2. The van der Waals surface area contributed by atoms with Crippen LogP contribution in [0.25, 0.3) is 10.4 Å². The number of benzene rings is 2. The van der Waals surface area contributed by atoms with Crippen LogP contribution in [-0.2, 0) is 6.18 Å². The number of nitrogens with one attached hydrogen (secondary N) is 1. The molecule has 1 N–H and O–H groups in total. The average Bonchev–Trinajstić information content (AvgIpc) is 3.64. The van der Waals surface area contributed by atoms with Gasteiger partial charge in [-0.25, -0.2) is 4.98 Å². The summed E-state index contributed by atoms with van der Waals surface area (Å²) in [6, 6.07) is 12.2. The summed E-state index contributed by atoms with van der Waals surface area (Å²) < 4.78 is 39.2. The van der Waals surface area contributed by atoms with E-state index in [1.807, 2.05) is 25.1 Å². The molecule has 1 saturated carbocycles. The molecule has 3 aromatic rings.